The van der Waals surface area contributed by atoms with E-state index in [1.54, 1.807) is 0 Å². The lowest BCUT2D eigenvalue weighted by molar-refractivity contribution is -0.134. The van der Waals surface area contributed by atoms with Crippen LogP contribution in [0.15, 0.2) is 28.7 Å². The zero-order chi connectivity index (χ0) is 14.0. The molecular formula is C15H19BrN2O2. The Bertz CT molecular complexity index is 496. The van der Waals surface area contributed by atoms with Gasteiger partial charge in [-0.15, -0.1) is 0 Å². The zero-order valence-electron chi connectivity index (χ0n) is 11.3. The van der Waals surface area contributed by atoms with Gasteiger partial charge in [0.2, 0.25) is 5.91 Å². The van der Waals surface area contributed by atoms with Crippen molar-refractivity contribution in [3.8, 4) is 0 Å². The average molecular weight is 339 g/mol. The van der Waals surface area contributed by atoms with E-state index in [2.05, 4.69) is 44.8 Å². The van der Waals surface area contributed by atoms with Gasteiger partial charge in [-0.25, -0.2) is 0 Å². The Morgan fingerprint density at radius 3 is 3.00 bits per heavy atom. The number of benzene rings is 1. The molecule has 0 spiro atoms. The van der Waals surface area contributed by atoms with Crippen molar-refractivity contribution in [3.05, 3.63) is 34.3 Å². The van der Waals surface area contributed by atoms with E-state index in [0.29, 0.717) is 19.7 Å². The molecule has 5 heteroatoms. The van der Waals surface area contributed by atoms with Crippen molar-refractivity contribution in [2.45, 2.75) is 24.4 Å². The van der Waals surface area contributed by atoms with Crippen LogP contribution in [0.2, 0.25) is 0 Å². The molecular weight excluding hydrogens is 320 g/mol. The van der Waals surface area contributed by atoms with Gasteiger partial charge in [0.1, 0.15) is 6.10 Å². The summed E-state index contributed by atoms with van der Waals surface area (Å²) in [5.41, 5.74) is 1.43. The summed E-state index contributed by atoms with van der Waals surface area (Å²) in [7, 11) is 0. The summed E-state index contributed by atoms with van der Waals surface area (Å²) in [6.45, 7) is 2.73. The van der Waals surface area contributed by atoms with Gasteiger partial charge in [0.05, 0.1) is 6.61 Å². The van der Waals surface area contributed by atoms with Gasteiger partial charge in [0.15, 0.2) is 0 Å². The summed E-state index contributed by atoms with van der Waals surface area (Å²) in [5.74, 6) is -0.00141. The molecule has 108 valence electrons. The van der Waals surface area contributed by atoms with Crippen molar-refractivity contribution >= 4 is 21.8 Å². The Labute approximate surface area is 127 Å². The molecule has 2 N–H and O–H groups in total. The molecule has 0 radical (unpaired) electrons. The van der Waals surface area contributed by atoms with E-state index in [1.807, 2.05) is 6.07 Å². The van der Waals surface area contributed by atoms with Crippen LogP contribution in [0.25, 0.3) is 0 Å². The normalized spacial score (nSPS) is 24.1. The minimum absolute atomic E-state index is 0.00141. The number of ether oxygens (including phenoxy) is 1. The van der Waals surface area contributed by atoms with Gasteiger partial charge in [0, 0.05) is 29.5 Å². The van der Waals surface area contributed by atoms with Crippen molar-refractivity contribution in [1.82, 2.24) is 10.6 Å². The highest BCUT2D eigenvalue weighted by Gasteiger charge is 2.44. The van der Waals surface area contributed by atoms with Gasteiger partial charge in [-0.1, -0.05) is 28.1 Å². The van der Waals surface area contributed by atoms with Crippen LogP contribution in [0.5, 0.6) is 0 Å². The molecule has 1 amide bonds. The molecule has 1 aliphatic heterocycles. The minimum Gasteiger partial charge on any atom is -0.366 e. The summed E-state index contributed by atoms with van der Waals surface area (Å²) in [6, 6.07) is 8.37. The third kappa shape index (κ3) is 3.05. The first kappa shape index (κ1) is 14.0. The average Bonchev–Trinajstić information content (AvgIpc) is 3.27. The SMILES string of the molecule is O=C(NCC1(c2cccc(Br)c2)CC1)C1CNCCO1. The predicted octanol–water partition coefficient (Wildman–Crippen LogP) is 1.59. The van der Waals surface area contributed by atoms with Gasteiger partial charge in [0.25, 0.3) is 0 Å². The van der Waals surface area contributed by atoms with Crippen LogP contribution in [0.1, 0.15) is 18.4 Å². The number of hydrogen-bond donors (Lipinski definition) is 2. The maximum Gasteiger partial charge on any atom is 0.250 e. The Morgan fingerprint density at radius 1 is 1.50 bits per heavy atom. The van der Waals surface area contributed by atoms with Crippen molar-refractivity contribution in [1.29, 1.82) is 0 Å². The monoisotopic (exact) mass is 338 g/mol. The van der Waals surface area contributed by atoms with Crippen LogP contribution < -0.4 is 10.6 Å². The highest BCUT2D eigenvalue weighted by Crippen LogP contribution is 2.48. The topological polar surface area (TPSA) is 50.4 Å². The molecule has 3 rings (SSSR count). The third-order valence-electron chi connectivity index (χ3n) is 4.11. The van der Waals surface area contributed by atoms with Crippen LogP contribution in [0.3, 0.4) is 0 Å². The standard InChI is InChI=1S/C15H19BrN2O2/c16-12-3-1-2-11(8-12)15(4-5-15)10-18-14(19)13-9-17-6-7-20-13/h1-3,8,13,17H,4-7,9-10H2,(H,18,19). The van der Waals surface area contributed by atoms with Gasteiger partial charge in [-0.2, -0.15) is 0 Å². The summed E-state index contributed by atoms with van der Waals surface area (Å²) in [4.78, 5) is 12.1. The first-order valence-corrected chi connectivity index (χ1v) is 7.85. The van der Waals surface area contributed by atoms with Crippen molar-refractivity contribution < 1.29 is 9.53 Å². The Hall–Kier alpha value is -0.910. The molecule has 20 heavy (non-hydrogen) atoms. The molecule has 1 aromatic rings. The van der Waals surface area contributed by atoms with Gasteiger partial charge >= 0.3 is 0 Å². The fourth-order valence-electron chi connectivity index (χ4n) is 2.64. The first-order chi connectivity index (χ1) is 9.70. The molecule has 1 saturated heterocycles. The maximum atomic E-state index is 12.1. The Kier molecular flexibility index (Phi) is 4.10. The van der Waals surface area contributed by atoms with E-state index in [9.17, 15) is 4.79 Å². The molecule has 2 aliphatic rings. The quantitative estimate of drug-likeness (QED) is 0.876. The van der Waals surface area contributed by atoms with Crippen LogP contribution in [-0.2, 0) is 14.9 Å². The summed E-state index contributed by atoms with van der Waals surface area (Å²) in [6.07, 6.45) is 1.92. The van der Waals surface area contributed by atoms with E-state index in [4.69, 9.17) is 4.74 Å². The zero-order valence-corrected chi connectivity index (χ0v) is 12.9. The molecule has 1 atom stereocenters. The van der Waals surface area contributed by atoms with E-state index >= 15 is 0 Å². The van der Waals surface area contributed by atoms with E-state index < -0.39 is 0 Å². The van der Waals surface area contributed by atoms with Crippen molar-refractivity contribution in [2.24, 2.45) is 0 Å². The second-order valence-electron chi connectivity index (χ2n) is 5.57. The second-order valence-corrected chi connectivity index (χ2v) is 6.49. The Morgan fingerprint density at radius 2 is 2.35 bits per heavy atom. The van der Waals surface area contributed by atoms with Crippen molar-refractivity contribution in [2.75, 3.05) is 26.2 Å². The number of amides is 1. The maximum absolute atomic E-state index is 12.1. The first-order valence-electron chi connectivity index (χ1n) is 7.06. The highest BCUT2D eigenvalue weighted by molar-refractivity contribution is 9.10. The van der Waals surface area contributed by atoms with Gasteiger partial charge in [-0.05, 0) is 30.5 Å². The molecule has 1 heterocycles. The summed E-state index contributed by atoms with van der Waals surface area (Å²) >= 11 is 3.51. The lowest BCUT2D eigenvalue weighted by Crippen LogP contribution is -2.49. The lowest BCUT2D eigenvalue weighted by atomic mass is 9.96. The molecule has 0 aromatic heterocycles. The van der Waals surface area contributed by atoms with E-state index in [-0.39, 0.29) is 17.4 Å². The molecule has 2 fully saturated rings. The number of carbonyl (C=O) groups excluding carboxylic acids is 1. The summed E-state index contributed by atoms with van der Waals surface area (Å²) < 4.78 is 6.56. The highest BCUT2D eigenvalue weighted by atomic mass is 79.9. The molecule has 4 nitrogen and oxygen atoms in total. The lowest BCUT2D eigenvalue weighted by Gasteiger charge is -2.24. The number of halogens is 1. The van der Waals surface area contributed by atoms with Crippen LogP contribution in [0.4, 0.5) is 0 Å². The largest absolute Gasteiger partial charge is 0.366 e. The van der Waals surface area contributed by atoms with Crippen LogP contribution >= 0.6 is 15.9 Å². The van der Waals surface area contributed by atoms with Gasteiger partial charge in [-0.3, -0.25) is 4.79 Å². The number of rotatable bonds is 4. The minimum atomic E-state index is -0.345. The van der Waals surface area contributed by atoms with E-state index in [0.717, 1.165) is 23.9 Å². The van der Waals surface area contributed by atoms with Crippen molar-refractivity contribution in [3.63, 3.8) is 0 Å². The number of hydrogen-bond acceptors (Lipinski definition) is 3. The number of nitrogens with one attached hydrogen (secondary N) is 2. The van der Waals surface area contributed by atoms with Gasteiger partial charge < -0.3 is 15.4 Å². The predicted molar refractivity (Wildman–Crippen MR) is 80.7 cm³/mol. The Balaban J connectivity index is 1.59. The smallest absolute Gasteiger partial charge is 0.250 e. The van der Waals surface area contributed by atoms with Crippen LogP contribution in [-0.4, -0.2) is 38.3 Å². The summed E-state index contributed by atoms with van der Waals surface area (Å²) in [5, 5.41) is 6.23. The molecule has 1 saturated carbocycles. The molecule has 0 bridgehead atoms. The number of carbonyl (C=O) groups is 1. The number of morpholine rings is 1. The molecule has 1 unspecified atom stereocenters. The molecule has 1 aromatic carbocycles. The van der Waals surface area contributed by atoms with E-state index in [1.165, 1.54) is 5.56 Å². The van der Waals surface area contributed by atoms with Crippen LogP contribution in [0, 0.1) is 0 Å². The molecule has 1 aliphatic carbocycles. The fourth-order valence-corrected chi connectivity index (χ4v) is 3.04. The fraction of sp³-hybridized carbons (Fsp3) is 0.533. The second kappa shape index (κ2) is 5.84. The third-order valence-corrected chi connectivity index (χ3v) is 4.60.